The summed E-state index contributed by atoms with van der Waals surface area (Å²) < 4.78 is 26.4. The highest BCUT2D eigenvalue weighted by atomic mass is 32.1. The van der Waals surface area contributed by atoms with Gasteiger partial charge in [0.25, 0.3) is 0 Å². The first kappa shape index (κ1) is 12.7. The Morgan fingerprint density at radius 2 is 2.22 bits per heavy atom. The number of benzene rings is 1. The van der Waals surface area contributed by atoms with Gasteiger partial charge >= 0.3 is 0 Å². The summed E-state index contributed by atoms with van der Waals surface area (Å²) in [6.07, 6.45) is 0.658. The fourth-order valence-corrected chi connectivity index (χ4v) is 2.50. The molecule has 1 aromatic carbocycles. The van der Waals surface area contributed by atoms with E-state index in [-0.39, 0.29) is 11.5 Å². The van der Waals surface area contributed by atoms with Crippen LogP contribution in [0, 0.1) is 23.0 Å². The highest BCUT2D eigenvalue weighted by molar-refractivity contribution is 7.13. The molecule has 1 unspecified atom stereocenters. The lowest BCUT2D eigenvalue weighted by Crippen LogP contribution is -1.94. The minimum atomic E-state index is -0.638. The highest BCUT2D eigenvalue weighted by Crippen LogP contribution is 2.29. The molecule has 0 saturated carbocycles. The predicted molar refractivity (Wildman–Crippen MR) is 66.1 cm³/mol. The van der Waals surface area contributed by atoms with Crippen molar-refractivity contribution >= 4 is 11.3 Å². The van der Waals surface area contributed by atoms with Crippen molar-refractivity contribution in [2.75, 3.05) is 0 Å². The fourth-order valence-electron chi connectivity index (χ4n) is 1.60. The van der Waals surface area contributed by atoms with E-state index in [4.69, 9.17) is 5.26 Å². The number of hydrogen-bond donors (Lipinski definition) is 0. The summed E-state index contributed by atoms with van der Waals surface area (Å²) in [6, 6.07) is 5.54. The standard InChI is InChI=1S/C13H10F2N2S/c1-2-8(6-16)12-7-18-13(17-12)10-4-3-9(14)5-11(10)15/h3-5,7-8H,2H2,1H3. The van der Waals surface area contributed by atoms with Gasteiger partial charge in [0.2, 0.25) is 0 Å². The van der Waals surface area contributed by atoms with E-state index in [1.54, 1.807) is 5.38 Å². The molecule has 2 rings (SSSR count). The maximum Gasteiger partial charge on any atom is 0.136 e. The van der Waals surface area contributed by atoms with E-state index in [0.717, 1.165) is 6.07 Å². The van der Waals surface area contributed by atoms with Gasteiger partial charge < -0.3 is 0 Å². The molecule has 1 atom stereocenters. The van der Waals surface area contributed by atoms with Crippen molar-refractivity contribution in [1.29, 1.82) is 5.26 Å². The Morgan fingerprint density at radius 1 is 1.44 bits per heavy atom. The SMILES string of the molecule is CCC(C#N)c1csc(-c2ccc(F)cc2F)n1. The van der Waals surface area contributed by atoms with E-state index in [2.05, 4.69) is 11.1 Å². The molecule has 1 aromatic heterocycles. The normalized spacial score (nSPS) is 12.1. The largest absolute Gasteiger partial charge is 0.240 e. The molecule has 2 nitrogen and oxygen atoms in total. The van der Waals surface area contributed by atoms with Gasteiger partial charge in [-0.05, 0) is 18.6 Å². The average molecular weight is 264 g/mol. The van der Waals surface area contributed by atoms with Crippen LogP contribution in [0.3, 0.4) is 0 Å². The molecule has 0 spiro atoms. The lowest BCUT2D eigenvalue weighted by Gasteiger charge is -2.01. The summed E-state index contributed by atoms with van der Waals surface area (Å²) in [5, 5.41) is 11.2. The van der Waals surface area contributed by atoms with Crippen LogP contribution in [-0.4, -0.2) is 4.98 Å². The Kier molecular flexibility index (Phi) is 3.68. The van der Waals surface area contributed by atoms with Crippen molar-refractivity contribution in [2.45, 2.75) is 19.3 Å². The summed E-state index contributed by atoms with van der Waals surface area (Å²) in [7, 11) is 0. The third kappa shape index (κ3) is 2.39. The average Bonchev–Trinajstić information content (AvgIpc) is 2.80. The minimum absolute atomic E-state index is 0.264. The van der Waals surface area contributed by atoms with Crippen LogP contribution in [0.25, 0.3) is 10.6 Å². The van der Waals surface area contributed by atoms with E-state index >= 15 is 0 Å². The molecule has 5 heteroatoms. The van der Waals surface area contributed by atoms with Crippen LogP contribution in [-0.2, 0) is 0 Å². The van der Waals surface area contributed by atoms with Crippen molar-refractivity contribution in [3.63, 3.8) is 0 Å². The summed E-state index contributed by atoms with van der Waals surface area (Å²) >= 11 is 1.26. The van der Waals surface area contributed by atoms with Crippen LogP contribution < -0.4 is 0 Å². The van der Waals surface area contributed by atoms with Crippen molar-refractivity contribution in [2.24, 2.45) is 0 Å². The van der Waals surface area contributed by atoms with Crippen molar-refractivity contribution in [3.8, 4) is 16.6 Å². The van der Waals surface area contributed by atoms with Gasteiger partial charge in [0, 0.05) is 17.0 Å². The van der Waals surface area contributed by atoms with Gasteiger partial charge in [0.1, 0.15) is 16.6 Å². The quantitative estimate of drug-likeness (QED) is 0.836. The van der Waals surface area contributed by atoms with Crippen LogP contribution in [0.5, 0.6) is 0 Å². The summed E-state index contributed by atoms with van der Waals surface area (Å²) in [5.41, 5.74) is 0.907. The van der Waals surface area contributed by atoms with Crippen LogP contribution in [0.1, 0.15) is 25.0 Å². The fraction of sp³-hybridized carbons (Fsp3) is 0.231. The third-order valence-corrected chi connectivity index (χ3v) is 3.50. The molecule has 0 saturated heterocycles. The highest BCUT2D eigenvalue weighted by Gasteiger charge is 2.15. The van der Waals surface area contributed by atoms with Gasteiger partial charge in [-0.1, -0.05) is 6.92 Å². The van der Waals surface area contributed by atoms with E-state index in [9.17, 15) is 8.78 Å². The van der Waals surface area contributed by atoms with Gasteiger partial charge in [-0.2, -0.15) is 5.26 Å². The molecule has 0 aliphatic carbocycles. The second-order valence-electron chi connectivity index (χ2n) is 3.79. The summed E-state index contributed by atoms with van der Waals surface area (Å²) in [5.74, 6) is -1.53. The second kappa shape index (κ2) is 5.23. The maximum absolute atomic E-state index is 13.6. The molecule has 0 fully saturated rings. The third-order valence-electron chi connectivity index (χ3n) is 2.60. The van der Waals surface area contributed by atoms with E-state index in [0.29, 0.717) is 17.1 Å². The molecular formula is C13H10F2N2S. The smallest absolute Gasteiger partial charge is 0.136 e. The van der Waals surface area contributed by atoms with Gasteiger partial charge in [-0.15, -0.1) is 11.3 Å². The number of thiazole rings is 1. The zero-order valence-corrected chi connectivity index (χ0v) is 10.5. The van der Waals surface area contributed by atoms with Crippen molar-refractivity contribution in [3.05, 3.63) is 40.9 Å². The van der Waals surface area contributed by atoms with Gasteiger partial charge in [-0.25, -0.2) is 13.8 Å². The molecule has 2 aromatic rings. The molecule has 0 aliphatic heterocycles. The molecule has 0 bridgehead atoms. The first-order valence-electron chi connectivity index (χ1n) is 5.46. The summed E-state index contributed by atoms with van der Waals surface area (Å²) in [4.78, 5) is 4.25. The Bertz CT molecular complexity index is 601. The maximum atomic E-state index is 13.6. The number of hydrogen-bond acceptors (Lipinski definition) is 3. The molecule has 18 heavy (non-hydrogen) atoms. The van der Waals surface area contributed by atoms with Crippen LogP contribution in [0.2, 0.25) is 0 Å². The molecule has 0 aliphatic rings. The second-order valence-corrected chi connectivity index (χ2v) is 4.65. The molecule has 0 radical (unpaired) electrons. The number of rotatable bonds is 3. The van der Waals surface area contributed by atoms with E-state index < -0.39 is 11.6 Å². The molecule has 92 valence electrons. The monoisotopic (exact) mass is 264 g/mol. The zero-order valence-electron chi connectivity index (χ0n) is 9.65. The zero-order chi connectivity index (χ0) is 13.1. The van der Waals surface area contributed by atoms with Crippen molar-refractivity contribution in [1.82, 2.24) is 4.98 Å². The Labute approximate surface area is 108 Å². The number of halogens is 2. The molecule has 0 N–H and O–H groups in total. The predicted octanol–water partition coefficient (Wildman–Crippen LogP) is 4.11. The van der Waals surface area contributed by atoms with E-state index in [1.807, 2.05) is 6.92 Å². The van der Waals surface area contributed by atoms with Crippen molar-refractivity contribution < 1.29 is 8.78 Å². The van der Waals surface area contributed by atoms with Crippen LogP contribution in [0.4, 0.5) is 8.78 Å². The molecule has 0 amide bonds. The lowest BCUT2D eigenvalue weighted by molar-refractivity contribution is 0.585. The van der Waals surface area contributed by atoms with Crippen LogP contribution >= 0.6 is 11.3 Å². The Hall–Kier alpha value is -1.80. The Morgan fingerprint density at radius 3 is 2.83 bits per heavy atom. The first-order valence-corrected chi connectivity index (χ1v) is 6.34. The minimum Gasteiger partial charge on any atom is -0.240 e. The van der Waals surface area contributed by atoms with Gasteiger partial charge in [-0.3, -0.25) is 0 Å². The van der Waals surface area contributed by atoms with Gasteiger partial charge in [0.05, 0.1) is 17.7 Å². The lowest BCUT2D eigenvalue weighted by atomic mass is 10.1. The number of aromatic nitrogens is 1. The first-order chi connectivity index (χ1) is 8.65. The van der Waals surface area contributed by atoms with E-state index in [1.165, 1.54) is 23.5 Å². The number of nitriles is 1. The number of nitrogens with zero attached hydrogens (tertiary/aromatic N) is 2. The summed E-state index contributed by atoms with van der Waals surface area (Å²) in [6.45, 7) is 1.89. The van der Waals surface area contributed by atoms with Gasteiger partial charge in [0.15, 0.2) is 0 Å². The topological polar surface area (TPSA) is 36.7 Å². The Balaban J connectivity index is 2.38. The molecule has 1 heterocycles. The molecular weight excluding hydrogens is 254 g/mol. The van der Waals surface area contributed by atoms with Crippen LogP contribution in [0.15, 0.2) is 23.6 Å².